The minimum absolute atomic E-state index is 0.00301. The second-order valence-electron chi connectivity index (χ2n) is 4.74. The van der Waals surface area contributed by atoms with Crippen LogP contribution in [0.15, 0.2) is 36.4 Å². The third-order valence-corrected chi connectivity index (χ3v) is 2.76. The molecule has 0 fully saturated rings. The summed E-state index contributed by atoms with van der Waals surface area (Å²) in [6.45, 7) is 3.99. The van der Waals surface area contributed by atoms with E-state index < -0.39 is 0 Å². The highest BCUT2D eigenvalue weighted by molar-refractivity contribution is 6.02. The van der Waals surface area contributed by atoms with Gasteiger partial charge in [-0.2, -0.15) is 0 Å². The Morgan fingerprint density at radius 1 is 1.18 bits per heavy atom. The molecule has 88 valence electrons. The molecule has 0 aliphatic rings. The fraction of sp³-hybridized carbons (Fsp3) is 0.267. The van der Waals surface area contributed by atoms with Crippen molar-refractivity contribution in [3.63, 3.8) is 0 Å². The van der Waals surface area contributed by atoms with Gasteiger partial charge in [-0.1, -0.05) is 38.1 Å². The maximum atomic E-state index is 12.0. The van der Waals surface area contributed by atoms with Gasteiger partial charge in [0, 0.05) is 6.42 Å². The molecule has 0 bridgehead atoms. The Bertz CT molecular complexity index is 556. The Kier molecular flexibility index (Phi) is 3.14. The average molecular weight is 228 g/mol. The number of hydrogen-bond acceptors (Lipinski definition) is 2. The molecule has 2 nitrogen and oxygen atoms in total. The fourth-order valence-corrected chi connectivity index (χ4v) is 1.93. The number of carbonyl (C=O) groups excluding carboxylic acids is 1. The number of rotatable bonds is 3. The van der Waals surface area contributed by atoms with Crippen LogP contribution in [0.25, 0.3) is 10.8 Å². The maximum absolute atomic E-state index is 12.0. The van der Waals surface area contributed by atoms with Crippen molar-refractivity contribution in [2.75, 3.05) is 0 Å². The lowest BCUT2D eigenvalue weighted by molar-refractivity contribution is 0.0965. The number of benzene rings is 2. The minimum Gasteiger partial charge on any atom is -0.507 e. The molecular weight excluding hydrogens is 212 g/mol. The number of aromatic hydroxyl groups is 1. The quantitative estimate of drug-likeness (QED) is 0.812. The van der Waals surface area contributed by atoms with E-state index in [2.05, 4.69) is 0 Å². The maximum Gasteiger partial charge on any atom is 0.166 e. The Morgan fingerprint density at radius 3 is 2.35 bits per heavy atom. The van der Waals surface area contributed by atoms with Crippen LogP contribution in [0.3, 0.4) is 0 Å². The summed E-state index contributed by atoms with van der Waals surface area (Å²) in [5.41, 5.74) is 0.428. The second kappa shape index (κ2) is 4.58. The molecule has 0 heterocycles. The fourth-order valence-electron chi connectivity index (χ4n) is 1.93. The van der Waals surface area contributed by atoms with Crippen LogP contribution in [-0.4, -0.2) is 10.9 Å². The van der Waals surface area contributed by atoms with Gasteiger partial charge < -0.3 is 5.11 Å². The van der Waals surface area contributed by atoms with Gasteiger partial charge in [0.05, 0.1) is 5.56 Å². The largest absolute Gasteiger partial charge is 0.507 e. The number of ketones is 1. The van der Waals surface area contributed by atoms with Gasteiger partial charge >= 0.3 is 0 Å². The van der Waals surface area contributed by atoms with Gasteiger partial charge in [-0.3, -0.25) is 4.79 Å². The van der Waals surface area contributed by atoms with Crippen molar-refractivity contribution in [3.8, 4) is 5.75 Å². The first kappa shape index (κ1) is 11.6. The molecule has 0 saturated heterocycles. The summed E-state index contributed by atoms with van der Waals surface area (Å²) in [5.74, 6) is 0.381. The predicted octanol–water partition coefficient (Wildman–Crippen LogP) is 3.77. The lowest BCUT2D eigenvalue weighted by atomic mass is 9.98. The van der Waals surface area contributed by atoms with Crippen molar-refractivity contribution in [2.24, 2.45) is 5.92 Å². The summed E-state index contributed by atoms with van der Waals surface area (Å²) in [7, 11) is 0. The van der Waals surface area contributed by atoms with E-state index in [0.29, 0.717) is 17.9 Å². The molecule has 0 aliphatic carbocycles. The first-order valence-electron chi connectivity index (χ1n) is 5.83. The summed E-state index contributed by atoms with van der Waals surface area (Å²) >= 11 is 0. The molecule has 0 saturated carbocycles. The number of phenolic OH excluding ortho intramolecular Hbond substituents is 1. The average Bonchev–Trinajstić information content (AvgIpc) is 2.27. The molecule has 2 heteroatoms. The SMILES string of the molecule is CC(C)CC(=O)c1cc2ccccc2cc1O. The van der Waals surface area contributed by atoms with Gasteiger partial charge in [-0.05, 0) is 28.8 Å². The van der Waals surface area contributed by atoms with Crippen LogP contribution in [0, 0.1) is 5.92 Å². The topological polar surface area (TPSA) is 37.3 Å². The van der Waals surface area contributed by atoms with Crippen LogP contribution in [-0.2, 0) is 0 Å². The lowest BCUT2D eigenvalue weighted by Crippen LogP contribution is -2.03. The molecule has 0 atom stereocenters. The van der Waals surface area contributed by atoms with Crippen LogP contribution >= 0.6 is 0 Å². The zero-order valence-electron chi connectivity index (χ0n) is 10.1. The van der Waals surface area contributed by atoms with Gasteiger partial charge in [0.25, 0.3) is 0 Å². The molecule has 0 unspecified atom stereocenters. The number of carbonyl (C=O) groups is 1. The Morgan fingerprint density at radius 2 is 1.76 bits per heavy atom. The summed E-state index contributed by atoms with van der Waals surface area (Å²) in [5, 5.41) is 11.8. The van der Waals surface area contributed by atoms with Crippen LogP contribution in [0.2, 0.25) is 0 Å². The van der Waals surface area contributed by atoms with Crippen LogP contribution in [0.5, 0.6) is 5.75 Å². The molecule has 0 spiro atoms. The van der Waals surface area contributed by atoms with Crippen molar-refractivity contribution < 1.29 is 9.90 Å². The molecule has 2 aromatic rings. The summed E-state index contributed by atoms with van der Waals surface area (Å²) in [6.07, 6.45) is 0.464. The van der Waals surface area contributed by atoms with E-state index in [-0.39, 0.29) is 11.5 Å². The molecule has 2 aromatic carbocycles. The van der Waals surface area contributed by atoms with Crippen LogP contribution in [0.4, 0.5) is 0 Å². The molecule has 0 aromatic heterocycles. The van der Waals surface area contributed by atoms with Gasteiger partial charge in [-0.15, -0.1) is 0 Å². The van der Waals surface area contributed by atoms with Crippen molar-refractivity contribution in [3.05, 3.63) is 42.0 Å². The monoisotopic (exact) mass is 228 g/mol. The van der Waals surface area contributed by atoms with E-state index in [4.69, 9.17) is 0 Å². The van der Waals surface area contributed by atoms with E-state index in [1.165, 1.54) is 0 Å². The third-order valence-electron chi connectivity index (χ3n) is 2.76. The van der Waals surface area contributed by atoms with Crippen LogP contribution in [0.1, 0.15) is 30.6 Å². The number of phenols is 1. The van der Waals surface area contributed by atoms with Crippen LogP contribution < -0.4 is 0 Å². The zero-order valence-corrected chi connectivity index (χ0v) is 10.1. The van der Waals surface area contributed by atoms with E-state index in [0.717, 1.165) is 10.8 Å². The van der Waals surface area contributed by atoms with E-state index in [1.54, 1.807) is 12.1 Å². The highest BCUT2D eigenvalue weighted by Crippen LogP contribution is 2.26. The first-order valence-corrected chi connectivity index (χ1v) is 5.83. The first-order chi connectivity index (χ1) is 8.08. The highest BCUT2D eigenvalue weighted by atomic mass is 16.3. The second-order valence-corrected chi connectivity index (χ2v) is 4.74. The van der Waals surface area contributed by atoms with E-state index in [9.17, 15) is 9.90 Å². The smallest absolute Gasteiger partial charge is 0.166 e. The van der Waals surface area contributed by atoms with Crippen molar-refractivity contribution in [2.45, 2.75) is 20.3 Å². The summed E-state index contributed by atoms with van der Waals surface area (Å²) in [6, 6.07) is 11.1. The molecule has 2 rings (SSSR count). The standard InChI is InChI=1S/C15H16O2/c1-10(2)7-14(16)13-8-11-5-3-4-6-12(11)9-15(13)17/h3-6,8-10,17H,7H2,1-2H3. The van der Waals surface area contributed by atoms with Crippen molar-refractivity contribution in [1.29, 1.82) is 0 Å². The highest BCUT2D eigenvalue weighted by Gasteiger charge is 2.13. The van der Waals surface area contributed by atoms with Crippen molar-refractivity contribution in [1.82, 2.24) is 0 Å². The Hall–Kier alpha value is -1.83. The Balaban J connectivity index is 2.47. The van der Waals surface area contributed by atoms with Gasteiger partial charge in [0.2, 0.25) is 0 Å². The molecule has 17 heavy (non-hydrogen) atoms. The molecule has 0 amide bonds. The number of Topliss-reactive ketones (excluding diaryl/α,β-unsaturated/α-hetero) is 1. The summed E-state index contributed by atoms with van der Waals surface area (Å²) in [4.78, 5) is 12.0. The minimum atomic E-state index is 0.00301. The molecule has 1 N–H and O–H groups in total. The van der Waals surface area contributed by atoms with E-state index >= 15 is 0 Å². The number of fused-ring (bicyclic) bond motifs is 1. The predicted molar refractivity (Wildman–Crippen MR) is 69.4 cm³/mol. The summed E-state index contributed by atoms with van der Waals surface area (Å²) < 4.78 is 0. The molecular formula is C15H16O2. The third kappa shape index (κ3) is 2.47. The van der Waals surface area contributed by atoms with E-state index in [1.807, 2.05) is 38.1 Å². The lowest BCUT2D eigenvalue weighted by Gasteiger charge is -2.08. The van der Waals surface area contributed by atoms with Gasteiger partial charge in [0.15, 0.2) is 5.78 Å². The number of hydrogen-bond donors (Lipinski definition) is 1. The Labute approximate surface area is 101 Å². The normalized spacial score (nSPS) is 11.0. The zero-order chi connectivity index (χ0) is 12.4. The molecule has 0 radical (unpaired) electrons. The van der Waals surface area contributed by atoms with Gasteiger partial charge in [-0.25, -0.2) is 0 Å². The van der Waals surface area contributed by atoms with Crippen molar-refractivity contribution >= 4 is 16.6 Å². The molecule has 0 aliphatic heterocycles. The van der Waals surface area contributed by atoms with Gasteiger partial charge in [0.1, 0.15) is 5.75 Å².